The Hall–Kier alpha value is -2.95. The van der Waals surface area contributed by atoms with Crippen LogP contribution in [-0.2, 0) is 0 Å². The number of hydrogen-bond donors (Lipinski definition) is 0. The van der Waals surface area contributed by atoms with E-state index >= 15 is 0 Å². The molecule has 0 saturated carbocycles. The van der Waals surface area contributed by atoms with Crippen molar-refractivity contribution in [3.8, 4) is 5.75 Å². The fourth-order valence-electron chi connectivity index (χ4n) is 4.46. The summed E-state index contributed by atoms with van der Waals surface area (Å²) in [4.78, 5) is 24.4. The van der Waals surface area contributed by atoms with Crippen molar-refractivity contribution in [3.05, 3.63) is 59.3 Å². The van der Waals surface area contributed by atoms with E-state index in [0.29, 0.717) is 6.42 Å². The van der Waals surface area contributed by atoms with Gasteiger partial charge < -0.3 is 9.64 Å². The number of Topliss-reactive ketones (excluding diaryl/α,β-unsaturated/α-hetero) is 1. The Morgan fingerprint density at radius 1 is 1.07 bits per heavy atom. The van der Waals surface area contributed by atoms with Gasteiger partial charge in [-0.05, 0) is 43.2 Å². The number of ketones is 1. The number of rotatable bonds is 1. The monoisotopic (exact) mass is 373 g/mol. The number of para-hydroxylation sites is 2. The summed E-state index contributed by atoms with van der Waals surface area (Å²) in [5.74, 6) is 1.87. The maximum atomic E-state index is 12.8. The SMILES string of the molecule is Cc1cc(C)c2c(c1)C(=O)CC1(CCN(c3cnc4ccccc4n3)CC1)O2. The molecule has 2 aromatic carbocycles. The summed E-state index contributed by atoms with van der Waals surface area (Å²) in [6.45, 7) is 5.66. The molecule has 0 amide bonds. The molecule has 0 atom stereocenters. The number of aromatic nitrogens is 2. The molecule has 0 radical (unpaired) electrons. The lowest BCUT2D eigenvalue weighted by Crippen LogP contribution is -2.51. The zero-order valence-corrected chi connectivity index (χ0v) is 16.2. The fraction of sp³-hybridized carbons (Fsp3) is 0.348. The Morgan fingerprint density at radius 3 is 2.61 bits per heavy atom. The van der Waals surface area contributed by atoms with Gasteiger partial charge in [0.25, 0.3) is 0 Å². The first-order valence-electron chi connectivity index (χ1n) is 9.83. The molecule has 1 aromatic heterocycles. The van der Waals surface area contributed by atoms with Crippen molar-refractivity contribution in [1.82, 2.24) is 9.97 Å². The van der Waals surface area contributed by atoms with Gasteiger partial charge >= 0.3 is 0 Å². The summed E-state index contributed by atoms with van der Waals surface area (Å²) in [5.41, 5.74) is 4.31. The van der Waals surface area contributed by atoms with Gasteiger partial charge in [-0.2, -0.15) is 0 Å². The summed E-state index contributed by atoms with van der Waals surface area (Å²) in [6, 6.07) is 12.0. The molecule has 28 heavy (non-hydrogen) atoms. The van der Waals surface area contributed by atoms with Crippen LogP contribution in [-0.4, -0.2) is 34.4 Å². The topological polar surface area (TPSA) is 55.3 Å². The molecule has 2 aliphatic rings. The number of nitrogens with zero attached hydrogens (tertiary/aromatic N) is 3. The maximum Gasteiger partial charge on any atom is 0.170 e. The van der Waals surface area contributed by atoms with Crippen molar-refractivity contribution >= 4 is 22.6 Å². The van der Waals surface area contributed by atoms with E-state index in [0.717, 1.165) is 65.2 Å². The number of hydrogen-bond acceptors (Lipinski definition) is 5. The summed E-state index contributed by atoms with van der Waals surface area (Å²) in [6.07, 6.45) is 3.91. The van der Waals surface area contributed by atoms with E-state index in [2.05, 4.69) is 16.0 Å². The van der Waals surface area contributed by atoms with Gasteiger partial charge in [0.05, 0.1) is 29.2 Å². The third kappa shape index (κ3) is 2.82. The van der Waals surface area contributed by atoms with Gasteiger partial charge in [-0.15, -0.1) is 0 Å². The molecule has 3 aromatic rings. The standard InChI is InChI=1S/C23H23N3O2/c1-15-11-16(2)22-17(12-15)20(27)13-23(28-22)7-9-26(10-8-23)21-14-24-18-5-3-4-6-19(18)25-21/h3-6,11-12,14H,7-10,13H2,1-2H3. The van der Waals surface area contributed by atoms with Crippen LogP contribution in [0.1, 0.15) is 40.7 Å². The highest BCUT2D eigenvalue weighted by Crippen LogP contribution is 2.41. The lowest BCUT2D eigenvalue weighted by Gasteiger charge is -2.44. The van der Waals surface area contributed by atoms with Crippen LogP contribution in [0.25, 0.3) is 11.0 Å². The molecule has 0 unspecified atom stereocenters. The predicted octanol–water partition coefficient (Wildman–Crippen LogP) is 4.25. The van der Waals surface area contributed by atoms with E-state index in [9.17, 15) is 4.79 Å². The third-order valence-electron chi connectivity index (χ3n) is 5.96. The zero-order valence-electron chi connectivity index (χ0n) is 16.2. The number of aryl methyl sites for hydroxylation is 2. The zero-order chi connectivity index (χ0) is 19.3. The molecule has 1 fully saturated rings. The summed E-state index contributed by atoms with van der Waals surface area (Å²) in [7, 11) is 0. The quantitative estimate of drug-likeness (QED) is 0.638. The molecule has 5 heteroatoms. The number of ether oxygens (including phenoxy) is 1. The minimum atomic E-state index is -0.398. The average Bonchev–Trinajstić information content (AvgIpc) is 2.69. The maximum absolute atomic E-state index is 12.8. The molecule has 0 aliphatic carbocycles. The summed E-state index contributed by atoms with van der Waals surface area (Å²) >= 11 is 0. The molecule has 2 aliphatic heterocycles. The Balaban J connectivity index is 1.38. The Morgan fingerprint density at radius 2 is 1.82 bits per heavy atom. The third-order valence-corrected chi connectivity index (χ3v) is 5.96. The van der Waals surface area contributed by atoms with Gasteiger partial charge in [0.2, 0.25) is 0 Å². The minimum Gasteiger partial charge on any atom is -0.486 e. The van der Waals surface area contributed by atoms with Crippen LogP contribution < -0.4 is 9.64 Å². The Bertz CT molecular complexity index is 1080. The second-order valence-electron chi connectivity index (χ2n) is 8.05. The van der Waals surface area contributed by atoms with Crippen LogP contribution in [0, 0.1) is 13.8 Å². The Kier molecular flexibility index (Phi) is 3.86. The fourth-order valence-corrected chi connectivity index (χ4v) is 4.46. The van der Waals surface area contributed by atoms with Crippen molar-refractivity contribution in [2.45, 2.75) is 38.7 Å². The lowest BCUT2D eigenvalue weighted by molar-refractivity contribution is 0.0225. The molecule has 5 nitrogen and oxygen atoms in total. The Labute approximate surface area is 164 Å². The van der Waals surface area contributed by atoms with Gasteiger partial charge in [0.15, 0.2) is 5.78 Å². The first-order chi connectivity index (χ1) is 13.5. The van der Waals surface area contributed by atoms with E-state index < -0.39 is 5.60 Å². The largest absolute Gasteiger partial charge is 0.486 e. The van der Waals surface area contributed by atoms with Gasteiger partial charge in [-0.25, -0.2) is 4.98 Å². The normalized spacial score (nSPS) is 18.2. The molecular formula is C23H23N3O2. The van der Waals surface area contributed by atoms with E-state index in [1.165, 1.54) is 0 Å². The average molecular weight is 373 g/mol. The first-order valence-corrected chi connectivity index (χ1v) is 9.83. The lowest BCUT2D eigenvalue weighted by atomic mass is 9.81. The molecular weight excluding hydrogens is 350 g/mol. The van der Waals surface area contributed by atoms with Gasteiger partial charge in [0, 0.05) is 25.9 Å². The van der Waals surface area contributed by atoms with E-state index in [4.69, 9.17) is 9.72 Å². The smallest absolute Gasteiger partial charge is 0.170 e. The van der Waals surface area contributed by atoms with Crippen LogP contribution >= 0.6 is 0 Å². The first kappa shape index (κ1) is 17.2. The van der Waals surface area contributed by atoms with E-state index in [1.54, 1.807) is 0 Å². The molecule has 0 N–H and O–H groups in total. The predicted molar refractivity (Wildman–Crippen MR) is 109 cm³/mol. The molecule has 1 spiro atoms. The summed E-state index contributed by atoms with van der Waals surface area (Å²) in [5, 5.41) is 0. The number of anilines is 1. The highest BCUT2D eigenvalue weighted by atomic mass is 16.5. The summed E-state index contributed by atoms with van der Waals surface area (Å²) < 4.78 is 6.49. The number of carbonyl (C=O) groups excluding carboxylic acids is 1. The van der Waals surface area contributed by atoms with E-state index in [1.807, 2.05) is 50.4 Å². The second kappa shape index (κ2) is 6.30. The van der Waals surface area contributed by atoms with Crippen molar-refractivity contribution in [2.75, 3.05) is 18.0 Å². The highest BCUT2D eigenvalue weighted by molar-refractivity contribution is 6.01. The minimum absolute atomic E-state index is 0.201. The van der Waals surface area contributed by atoms with Crippen LogP contribution in [0.2, 0.25) is 0 Å². The second-order valence-corrected chi connectivity index (χ2v) is 8.05. The van der Waals surface area contributed by atoms with Gasteiger partial charge in [-0.1, -0.05) is 18.2 Å². The van der Waals surface area contributed by atoms with Crippen molar-refractivity contribution in [1.29, 1.82) is 0 Å². The van der Waals surface area contributed by atoms with Crippen molar-refractivity contribution < 1.29 is 9.53 Å². The number of fused-ring (bicyclic) bond motifs is 2. The number of carbonyl (C=O) groups is 1. The molecule has 5 rings (SSSR count). The van der Waals surface area contributed by atoms with Crippen molar-refractivity contribution in [3.63, 3.8) is 0 Å². The molecule has 142 valence electrons. The van der Waals surface area contributed by atoms with Crippen LogP contribution in [0.5, 0.6) is 5.75 Å². The van der Waals surface area contributed by atoms with Crippen LogP contribution in [0.15, 0.2) is 42.6 Å². The van der Waals surface area contributed by atoms with Crippen LogP contribution in [0.3, 0.4) is 0 Å². The number of piperidine rings is 1. The van der Waals surface area contributed by atoms with Crippen molar-refractivity contribution in [2.24, 2.45) is 0 Å². The highest BCUT2D eigenvalue weighted by Gasteiger charge is 2.43. The van der Waals surface area contributed by atoms with E-state index in [-0.39, 0.29) is 5.78 Å². The number of benzene rings is 2. The van der Waals surface area contributed by atoms with Crippen LogP contribution in [0.4, 0.5) is 5.82 Å². The molecule has 1 saturated heterocycles. The molecule has 3 heterocycles. The molecule has 0 bridgehead atoms. The van der Waals surface area contributed by atoms with Gasteiger partial charge in [0.1, 0.15) is 17.2 Å². The van der Waals surface area contributed by atoms with Gasteiger partial charge in [-0.3, -0.25) is 9.78 Å².